The first-order chi connectivity index (χ1) is 11.9. The summed E-state index contributed by atoms with van der Waals surface area (Å²) < 4.78 is 36.3. The molecule has 148 valence electrons. The van der Waals surface area contributed by atoms with Gasteiger partial charge < -0.3 is 35.4 Å². The van der Waals surface area contributed by atoms with Gasteiger partial charge in [0, 0.05) is 18.2 Å². The number of nitrogen functional groups attached to an aromatic ring is 1. The van der Waals surface area contributed by atoms with Gasteiger partial charge in [-0.2, -0.15) is 9.29 Å². The smallest absolute Gasteiger partial charge is 0.391 e. The van der Waals surface area contributed by atoms with Crippen LogP contribution in [0.3, 0.4) is 0 Å². The van der Waals surface area contributed by atoms with E-state index in [1.165, 1.54) is 6.20 Å². The molecule has 1 fully saturated rings. The summed E-state index contributed by atoms with van der Waals surface area (Å²) in [6.45, 7) is -1.25. The lowest BCUT2D eigenvalue weighted by Crippen LogP contribution is -2.29. The van der Waals surface area contributed by atoms with Crippen molar-refractivity contribution in [2.45, 2.75) is 31.5 Å². The number of hydrogen-bond donors (Lipinski definition) is 6. The molecule has 0 amide bonds. The average Bonchev–Trinajstić information content (AvgIpc) is 2.84. The molecule has 14 nitrogen and oxygen atoms in total. The van der Waals surface area contributed by atoms with Crippen molar-refractivity contribution in [1.29, 1.82) is 0 Å². The van der Waals surface area contributed by atoms with Crippen LogP contribution in [0.4, 0.5) is 5.82 Å². The minimum absolute atomic E-state index is 0.126. The molecule has 0 saturated carbocycles. The van der Waals surface area contributed by atoms with E-state index in [0.717, 1.165) is 4.57 Å². The molecule has 0 radical (unpaired) electrons. The molecule has 16 heteroatoms. The Bertz CT molecular complexity index is 808. The van der Waals surface area contributed by atoms with Crippen molar-refractivity contribution < 1.29 is 47.6 Å². The van der Waals surface area contributed by atoms with E-state index >= 15 is 0 Å². The molecular formula is C10H17N3O11P2. The predicted molar refractivity (Wildman–Crippen MR) is 82.3 cm³/mol. The minimum Gasteiger partial charge on any atom is -0.391 e. The summed E-state index contributed by atoms with van der Waals surface area (Å²) in [5.74, 6) is -0.164. The molecule has 2 rings (SSSR count). The lowest BCUT2D eigenvalue weighted by atomic mass is 10.2. The van der Waals surface area contributed by atoms with Crippen LogP contribution in [-0.4, -0.2) is 53.3 Å². The summed E-state index contributed by atoms with van der Waals surface area (Å²) in [4.78, 5) is 41.6. The third kappa shape index (κ3) is 5.41. The summed E-state index contributed by atoms with van der Waals surface area (Å²) in [6, 6.07) is 0. The number of nitrogens with zero attached hydrogens (tertiary/aromatic N) is 2. The van der Waals surface area contributed by atoms with Gasteiger partial charge in [0.1, 0.15) is 18.1 Å². The second-order valence-corrected chi connectivity index (χ2v) is 8.10. The highest BCUT2D eigenvalue weighted by Crippen LogP contribution is 2.57. The van der Waals surface area contributed by atoms with E-state index in [-0.39, 0.29) is 17.8 Å². The first kappa shape index (κ1) is 21.1. The molecule has 1 aromatic rings. The van der Waals surface area contributed by atoms with Gasteiger partial charge in [0.05, 0.1) is 19.3 Å². The maximum Gasteiger partial charge on any atom is 0.481 e. The van der Waals surface area contributed by atoms with Crippen LogP contribution >= 0.6 is 15.6 Å². The monoisotopic (exact) mass is 417 g/mol. The van der Waals surface area contributed by atoms with Crippen LogP contribution < -0.4 is 11.4 Å². The van der Waals surface area contributed by atoms with Crippen molar-refractivity contribution >= 4 is 21.5 Å². The lowest BCUT2D eigenvalue weighted by Gasteiger charge is -2.18. The highest BCUT2D eigenvalue weighted by Gasteiger charge is 2.39. The first-order valence-electron chi connectivity index (χ1n) is 6.98. The lowest BCUT2D eigenvalue weighted by molar-refractivity contribution is -0.0450. The van der Waals surface area contributed by atoms with Gasteiger partial charge >= 0.3 is 21.3 Å². The maximum absolute atomic E-state index is 11.9. The second-order valence-electron chi connectivity index (χ2n) is 5.27. The molecule has 0 aromatic carbocycles. The normalized spacial score (nSPS) is 26.0. The quantitative estimate of drug-likeness (QED) is 0.269. The molecule has 0 bridgehead atoms. The van der Waals surface area contributed by atoms with Crippen molar-refractivity contribution in [1.82, 2.24) is 9.55 Å². The second kappa shape index (κ2) is 7.82. The van der Waals surface area contributed by atoms with Gasteiger partial charge in [0.15, 0.2) is 0 Å². The summed E-state index contributed by atoms with van der Waals surface area (Å²) in [5.41, 5.74) is 4.81. The van der Waals surface area contributed by atoms with E-state index in [0.29, 0.717) is 0 Å². The summed E-state index contributed by atoms with van der Waals surface area (Å²) in [5, 5.41) is 19.1. The van der Waals surface area contributed by atoms with Gasteiger partial charge in [0.2, 0.25) is 0 Å². The maximum atomic E-state index is 11.9. The molecule has 4 unspecified atom stereocenters. The van der Waals surface area contributed by atoms with Crippen LogP contribution in [0.1, 0.15) is 18.2 Å². The standard InChI is InChI=1S/C10H17N3O11P2/c11-9-5(3-14)2-13(10(16)12-9)8-1-6(15)7(23-8)4-22-26(20,21)24-25(17,18)19/h2,6-8,14-15H,1,3-4H2,(H,20,21)(H2,11,12,16)(H2,17,18,19). The van der Waals surface area contributed by atoms with Gasteiger partial charge in [0.25, 0.3) is 0 Å². The molecule has 26 heavy (non-hydrogen) atoms. The predicted octanol–water partition coefficient (Wildman–Crippen LogP) is -1.81. The summed E-state index contributed by atoms with van der Waals surface area (Å²) in [6.07, 6.45) is -2.41. The number of hydrogen-bond acceptors (Lipinski definition) is 10. The van der Waals surface area contributed by atoms with Crippen LogP contribution in [0.15, 0.2) is 11.0 Å². The van der Waals surface area contributed by atoms with Gasteiger partial charge in [-0.1, -0.05) is 0 Å². The van der Waals surface area contributed by atoms with E-state index in [1.54, 1.807) is 0 Å². The Morgan fingerprint density at radius 2 is 2.04 bits per heavy atom. The topological polar surface area (TPSA) is 224 Å². The average molecular weight is 417 g/mol. The Balaban J connectivity index is 2.07. The van der Waals surface area contributed by atoms with Gasteiger partial charge in [-0.25, -0.2) is 13.9 Å². The third-order valence-corrected chi connectivity index (χ3v) is 5.51. The number of rotatable bonds is 7. The number of aliphatic hydroxyl groups is 2. The van der Waals surface area contributed by atoms with Crippen LogP contribution in [-0.2, 0) is 29.3 Å². The fourth-order valence-electron chi connectivity index (χ4n) is 2.21. The van der Waals surface area contributed by atoms with Crippen molar-refractivity contribution in [3.63, 3.8) is 0 Å². The van der Waals surface area contributed by atoms with E-state index in [2.05, 4.69) is 13.8 Å². The number of anilines is 1. The molecule has 0 spiro atoms. The van der Waals surface area contributed by atoms with Crippen molar-refractivity contribution in [2.24, 2.45) is 0 Å². The Morgan fingerprint density at radius 3 is 2.62 bits per heavy atom. The van der Waals surface area contributed by atoms with Crippen molar-refractivity contribution in [2.75, 3.05) is 12.3 Å². The highest BCUT2D eigenvalue weighted by molar-refractivity contribution is 7.60. The zero-order chi connectivity index (χ0) is 19.7. The Kier molecular flexibility index (Phi) is 6.36. The minimum atomic E-state index is -5.27. The van der Waals surface area contributed by atoms with Crippen molar-refractivity contribution in [3.8, 4) is 0 Å². The largest absolute Gasteiger partial charge is 0.481 e. The number of phosphoric acid groups is 2. The van der Waals surface area contributed by atoms with Gasteiger partial charge in [-0.15, -0.1) is 0 Å². The SMILES string of the molecule is Nc1nc(=O)n(C2CC(O)C(COP(=O)(O)OP(=O)(O)O)O2)cc1CO. The number of aromatic nitrogens is 2. The molecular weight excluding hydrogens is 400 g/mol. The van der Waals surface area contributed by atoms with E-state index < -0.39 is 53.0 Å². The molecule has 1 aromatic heterocycles. The Hall–Kier alpha value is -1.18. The van der Waals surface area contributed by atoms with Crippen LogP contribution in [0.5, 0.6) is 0 Å². The van der Waals surface area contributed by atoms with Gasteiger partial charge in [-0.05, 0) is 0 Å². The fourth-order valence-corrected chi connectivity index (χ4v) is 3.81. The Labute approximate surface area is 145 Å². The number of phosphoric ester groups is 1. The third-order valence-electron chi connectivity index (χ3n) is 3.36. The van der Waals surface area contributed by atoms with E-state index in [9.17, 15) is 23.9 Å². The van der Waals surface area contributed by atoms with Gasteiger partial charge in [-0.3, -0.25) is 9.09 Å². The highest BCUT2D eigenvalue weighted by atomic mass is 31.3. The van der Waals surface area contributed by atoms with Crippen LogP contribution in [0, 0.1) is 0 Å². The summed E-state index contributed by atoms with van der Waals surface area (Å²) in [7, 11) is -10.4. The molecule has 1 saturated heterocycles. The van der Waals surface area contributed by atoms with Crippen LogP contribution in [0.2, 0.25) is 0 Å². The van der Waals surface area contributed by atoms with E-state index in [4.69, 9.17) is 25.4 Å². The molecule has 0 aliphatic carbocycles. The first-order valence-corrected chi connectivity index (χ1v) is 10.0. The zero-order valence-corrected chi connectivity index (χ0v) is 14.8. The van der Waals surface area contributed by atoms with Crippen molar-refractivity contribution in [3.05, 3.63) is 22.2 Å². The molecule has 4 atom stereocenters. The van der Waals surface area contributed by atoms with E-state index in [1.807, 2.05) is 0 Å². The Morgan fingerprint density at radius 1 is 1.38 bits per heavy atom. The summed E-state index contributed by atoms with van der Waals surface area (Å²) >= 11 is 0. The number of ether oxygens (including phenoxy) is 1. The molecule has 2 heterocycles. The van der Waals surface area contributed by atoms with Crippen LogP contribution in [0.25, 0.3) is 0 Å². The zero-order valence-electron chi connectivity index (χ0n) is 13.0. The number of nitrogens with two attached hydrogens (primary N) is 1. The molecule has 1 aliphatic rings. The fraction of sp³-hybridized carbons (Fsp3) is 0.600. The number of aliphatic hydroxyl groups excluding tert-OH is 2. The molecule has 7 N–H and O–H groups in total. The molecule has 1 aliphatic heterocycles.